The normalized spacial score (nSPS) is 13.3. The Morgan fingerprint density at radius 1 is 0.912 bits per heavy atom. The van der Waals surface area contributed by atoms with E-state index < -0.39 is 0 Å². The van der Waals surface area contributed by atoms with Crippen LogP contribution in [0.2, 0.25) is 5.02 Å². The Balaban J connectivity index is 1.46. The van der Waals surface area contributed by atoms with E-state index in [0.717, 1.165) is 37.2 Å². The second kappa shape index (κ2) is 11.6. The van der Waals surface area contributed by atoms with E-state index in [2.05, 4.69) is 15.5 Å². The fourth-order valence-corrected chi connectivity index (χ4v) is 4.08. The molecule has 1 fully saturated rings. The number of amides is 2. The predicted octanol–water partition coefficient (Wildman–Crippen LogP) is 5.28. The molecule has 176 valence electrons. The molecule has 3 aromatic carbocycles. The molecule has 0 saturated carbocycles. The van der Waals surface area contributed by atoms with Gasteiger partial charge in [0.2, 0.25) is 0 Å². The fourth-order valence-electron chi connectivity index (χ4n) is 3.96. The Hall–Kier alpha value is -3.51. The van der Waals surface area contributed by atoms with Gasteiger partial charge in [0.15, 0.2) is 6.61 Å². The zero-order valence-electron chi connectivity index (χ0n) is 18.9. The van der Waals surface area contributed by atoms with Crippen LogP contribution in [-0.4, -0.2) is 31.5 Å². The highest BCUT2D eigenvalue weighted by Crippen LogP contribution is 2.27. The van der Waals surface area contributed by atoms with Crippen molar-refractivity contribution in [1.82, 2.24) is 5.32 Å². The van der Waals surface area contributed by atoms with Crippen molar-refractivity contribution in [3.05, 3.63) is 88.9 Å². The topological polar surface area (TPSA) is 70.7 Å². The smallest absolute Gasteiger partial charge is 0.262 e. The summed E-state index contributed by atoms with van der Waals surface area (Å²) in [5, 5.41) is 6.45. The minimum atomic E-state index is -0.309. The maximum Gasteiger partial charge on any atom is 0.262 e. The molecule has 2 N–H and O–H groups in total. The van der Waals surface area contributed by atoms with Crippen molar-refractivity contribution < 1.29 is 14.3 Å². The van der Waals surface area contributed by atoms with Gasteiger partial charge in [0.1, 0.15) is 5.75 Å². The summed E-state index contributed by atoms with van der Waals surface area (Å²) < 4.78 is 5.52. The van der Waals surface area contributed by atoms with Gasteiger partial charge < -0.3 is 20.3 Å². The summed E-state index contributed by atoms with van der Waals surface area (Å²) in [6.07, 6.45) is 3.41. The van der Waals surface area contributed by atoms with E-state index in [9.17, 15) is 9.59 Å². The molecule has 0 bridgehead atoms. The third-order valence-corrected chi connectivity index (χ3v) is 5.95. The van der Waals surface area contributed by atoms with E-state index in [1.54, 1.807) is 30.3 Å². The number of anilines is 2. The molecule has 1 aliphatic rings. The van der Waals surface area contributed by atoms with Crippen LogP contribution < -0.4 is 20.3 Å². The molecule has 0 spiro atoms. The van der Waals surface area contributed by atoms with E-state index >= 15 is 0 Å². The van der Waals surface area contributed by atoms with Gasteiger partial charge in [0.25, 0.3) is 11.8 Å². The summed E-state index contributed by atoms with van der Waals surface area (Å²) in [4.78, 5) is 27.9. The van der Waals surface area contributed by atoms with Crippen LogP contribution in [0.5, 0.6) is 5.75 Å². The van der Waals surface area contributed by atoms with Gasteiger partial charge in [-0.15, -0.1) is 0 Å². The van der Waals surface area contributed by atoms with Crippen LogP contribution in [0.4, 0.5) is 11.4 Å². The first-order valence-electron chi connectivity index (χ1n) is 11.5. The van der Waals surface area contributed by atoms with Crippen LogP contribution in [0.15, 0.2) is 72.8 Å². The number of rotatable bonds is 8. The predicted molar refractivity (Wildman–Crippen MR) is 136 cm³/mol. The van der Waals surface area contributed by atoms with Gasteiger partial charge in [-0.1, -0.05) is 41.9 Å². The number of nitrogens with one attached hydrogen (secondary N) is 2. The van der Waals surface area contributed by atoms with E-state index in [1.807, 2.05) is 42.5 Å². The van der Waals surface area contributed by atoms with Crippen LogP contribution in [0.25, 0.3) is 0 Å². The number of hydrogen-bond acceptors (Lipinski definition) is 4. The molecule has 0 aliphatic carbocycles. The molecule has 7 heteroatoms. The molecule has 1 heterocycles. The summed E-state index contributed by atoms with van der Waals surface area (Å²) >= 11 is 5.88. The monoisotopic (exact) mass is 477 g/mol. The third-order valence-electron chi connectivity index (χ3n) is 5.70. The maximum atomic E-state index is 13.2. The largest absolute Gasteiger partial charge is 0.484 e. The lowest BCUT2D eigenvalue weighted by Gasteiger charge is -2.30. The van der Waals surface area contributed by atoms with Gasteiger partial charge in [0.05, 0.1) is 5.56 Å². The Kier molecular flexibility index (Phi) is 8.04. The average Bonchev–Trinajstić information content (AvgIpc) is 2.88. The number of carbonyl (C=O) groups is 2. The molecule has 4 rings (SSSR count). The Labute approximate surface area is 204 Å². The number of carbonyl (C=O) groups excluding carboxylic acids is 2. The lowest BCUT2D eigenvalue weighted by atomic mass is 10.1. The lowest BCUT2D eigenvalue weighted by molar-refractivity contribution is -0.118. The van der Waals surface area contributed by atoms with Gasteiger partial charge in [0, 0.05) is 36.0 Å². The molecule has 0 atom stereocenters. The maximum absolute atomic E-state index is 13.2. The molecule has 3 aromatic rings. The molecule has 0 radical (unpaired) electrons. The summed E-state index contributed by atoms with van der Waals surface area (Å²) in [7, 11) is 0. The van der Waals surface area contributed by atoms with Crippen LogP contribution in [0.3, 0.4) is 0 Å². The van der Waals surface area contributed by atoms with E-state index in [4.69, 9.17) is 16.3 Å². The van der Waals surface area contributed by atoms with Crippen molar-refractivity contribution in [3.63, 3.8) is 0 Å². The molecular weight excluding hydrogens is 450 g/mol. The number of benzene rings is 3. The number of hydrogen-bond donors (Lipinski definition) is 2. The van der Waals surface area contributed by atoms with Crippen molar-refractivity contribution in [2.24, 2.45) is 0 Å². The van der Waals surface area contributed by atoms with Crippen molar-refractivity contribution in [1.29, 1.82) is 0 Å². The minimum absolute atomic E-state index is 0.148. The number of halogens is 1. The second-order valence-electron chi connectivity index (χ2n) is 8.24. The lowest BCUT2D eigenvalue weighted by Crippen LogP contribution is -2.33. The van der Waals surface area contributed by atoms with Crippen molar-refractivity contribution in [2.45, 2.75) is 25.8 Å². The first-order chi connectivity index (χ1) is 16.6. The standard InChI is InChI=1S/C27H28ClN3O3/c28-21-9-12-23(13-10-21)34-19-26(32)30-22-11-14-25(31-15-5-2-6-16-31)24(17-22)27(33)29-18-20-7-3-1-4-8-20/h1,3-4,7-14,17H,2,5-6,15-16,18-19H2,(H,29,33)(H,30,32). The fraction of sp³-hybridized carbons (Fsp3) is 0.259. The van der Waals surface area contributed by atoms with Crippen molar-refractivity contribution in [3.8, 4) is 5.75 Å². The zero-order valence-corrected chi connectivity index (χ0v) is 19.7. The van der Waals surface area contributed by atoms with Crippen LogP contribution >= 0.6 is 11.6 Å². The van der Waals surface area contributed by atoms with Crippen LogP contribution in [0.1, 0.15) is 35.2 Å². The van der Waals surface area contributed by atoms with Crippen molar-refractivity contribution >= 4 is 34.8 Å². The molecule has 1 saturated heterocycles. The molecule has 0 unspecified atom stereocenters. The summed E-state index contributed by atoms with van der Waals surface area (Å²) in [5.41, 5.74) is 3.02. The molecule has 2 amide bonds. The number of piperidine rings is 1. The molecule has 0 aromatic heterocycles. The first-order valence-corrected chi connectivity index (χ1v) is 11.9. The van der Waals surface area contributed by atoms with Gasteiger partial charge >= 0.3 is 0 Å². The van der Waals surface area contributed by atoms with E-state index in [-0.39, 0.29) is 18.4 Å². The summed E-state index contributed by atoms with van der Waals surface area (Å²) in [6, 6.07) is 22.1. The van der Waals surface area contributed by atoms with E-state index in [0.29, 0.717) is 28.6 Å². The van der Waals surface area contributed by atoms with Gasteiger partial charge in [-0.3, -0.25) is 9.59 Å². The van der Waals surface area contributed by atoms with Crippen molar-refractivity contribution in [2.75, 3.05) is 29.9 Å². The number of nitrogens with zero attached hydrogens (tertiary/aromatic N) is 1. The first kappa shape index (κ1) is 23.6. The summed E-state index contributed by atoms with van der Waals surface area (Å²) in [6.45, 7) is 2.12. The Bertz CT molecular complexity index is 1110. The van der Waals surface area contributed by atoms with Gasteiger partial charge in [-0.05, 0) is 67.3 Å². The van der Waals surface area contributed by atoms with Gasteiger partial charge in [-0.2, -0.15) is 0 Å². The Morgan fingerprint density at radius 3 is 2.38 bits per heavy atom. The molecule has 1 aliphatic heterocycles. The van der Waals surface area contributed by atoms with Gasteiger partial charge in [-0.25, -0.2) is 0 Å². The average molecular weight is 478 g/mol. The zero-order chi connectivity index (χ0) is 23.8. The number of ether oxygens (including phenoxy) is 1. The molecule has 34 heavy (non-hydrogen) atoms. The quantitative estimate of drug-likeness (QED) is 0.463. The highest BCUT2D eigenvalue weighted by molar-refractivity contribution is 6.30. The highest BCUT2D eigenvalue weighted by Gasteiger charge is 2.20. The summed E-state index contributed by atoms with van der Waals surface area (Å²) in [5.74, 6) is 0.0789. The Morgan fingerprint density at radius 2 is 1.65 bits per heavy atom. The molecule has 6 nitrogen and oxygen atoms in total. The van der Waals surface area contributed by atoms with Crippen LogP contribution in [-0.2, 0) is 11.3 Å². The third kappa shape index (κ3) is 6.51. The molecular formula is C27H28ClN3O3. The van der Waals surface area contributed by atoms with E-state index in [1.165, 1.54) is 6.42 Å². The minimum Gasteiger partial charge on any atom is -0.484 e. The SMILES string of the molecule is O=C(COc1ccc(Cl)cc1)Nc1ccc(N2CCCCC2)c(C(=O)NCc2ccccc2)c1. The second-order valence-corrected chi connectivity index (χ2v) is 8.68. The van der Waals surface area contributed by atoms with Crippen LogP contribution in [0, 0.1) is 0 Å². The highest BCUT2D eigenvalue weighted by atomic mass is 35.5.